The van der Waals surface area contributed by atoms with Gasteiger partial charge in [0.05, 0.1) is 11.6 Å². The number of benzene rings is 7. The molecule has 0 fully saturated rings. The average Bonchev–Trinajstić information content (AvgIpc) is 3.16. The predicted octanol–water partition coefficient (Wildman–Crippen LogP) is 12.6. The lowest BCUT2D eigenvalue weighted by Crippen LogP contribution is -1.94. The van der Waals surface area contributed by atoms with E-state index in [1.165, 1.54) is 49.7 Å². The summed E-state index contributed by atoms with van der Waals surface area (Å²) in [5.74, 6) is 0. The molecule has 7 aromatic rings. The van der Waals surface area contributed by atoms with Crippen LogP contribution in [0.1, 0.15) is 36.1 Å². The van der Waals surface area contributed by atoms with Crippen LogP contribution in [0.2, 0.25) is 0 Å². The van der Waals surface area contributed by atoms with E-state index in [-0.39, 0.29) is 0 Å². The summed E-state index contributed by atoms with van der Waals surface area (Å²) in [6.45, 7) is 4.31. The van der Waals surface area contributed by atoms with Crippen LogP contribution in [0.3, 0.4) is 0 Å². The van der Waals surface area contributed by atoms with E-state index in [0.29, 0.717) is 5.56 Å². The molecule has 1 nitrogen and oxygen atoms in total. The van der Waals surface area contributed by atoms with Crippen molar-refractivity contribution >= 4 is 21.9 Å². The number of allylic oxidation sites excluding steroid dienone is 3. The Hall–Kier alpha value is -6.23. The van der Waals surface area contributed by atoms with Gasteiger partial charge in [-0.25, -0.2) is 0 Å². The van der Waals surface area contributed by atoms with E-state index < -0.39 is 0 Å². The second-order valence-electron chi connectivity index (χ2n) is 12.3. The Bertz CT molecular complexity index is 2300. The summed E-state index contributed by atoms with van der Waals surface area (Å²) in [4.78, 5) is 0. The molecule has 0 spiro atoms. The average molecular weight is 614 g/mol. The highest BCUT2D eigenvalue weighted by molar-refractivity contribution is 6.02. The molecule has 0 aliphatic heterocycles. The van der Waals surface area contributed by atoms with E-state index in [0.717, 1.165) is 27.8 Å². The molecule has 48 heavy (non-hydrogen) atoms. The van der Waals surface area contributed by atoms with E-state index in [9.17, 15) is 5.26 Å². The number of nitriles is 1. The van der Waals surface area contributed by atoms with E-state index in [1.807, 2.05) is 24.3 Å². The van der Waals surface area contributed by atoms with Crippen LogP contribution in [0.25, 0.3) is 55.3 Å². The quantitative estimate of drug-likeness (QED) is 0.164. The summed E-state index contributed by atoms with van der Waals surface area (Å²) in [6.07, 6.45) is 2.32. The minimum absolute atomic E-state index is 0.657. The topological polar surface area (TPSA) is 23.8 Å². The fourth-order valence-electron chi connectivity index (χ4n) is 6.37. The molecule has 0 radical (unpaired) electrons. The Morgan fingerprint density at radius 1 is 0.479 bits per heavy atom. The van der Waals surface area contributed by atoms with Crippen LogP contribution in [0.5, 0.6) is 0 Å². The molecule has 0 unspecified atom stereocenters. The Balaban J connectivity index is 1.41. The van der Waals surface area contributed by atoms with Crippen LogP contribution in [-0.2, 0) is 0 Å². The highest BCUT2D eigenvalue weighted by Crippen LogP contribution is 2.38. The van der Waals surface area contributed by atoms with Crippen molar-refractivity contribution in [3.05, 3.63) is 204 Å². The summed E-state index contributed by atoms with van der Waals surface area (Å²) in [5, 5.41) is 11.8. The minimum Gasteiger partial charge on any atom is -0.192 e. The largest absolute Gasteiger partial charge is 0.192 e. The van der Waals surface area contributed by atoms with Gasteiger partial charge in [0.25, 0.3) is 0 Å². The molecule has 0 heterocycles. The zero-order valence-electron chi connectivity index (χ0n) is 27.2. The molecular formula is C47H35N. The maximum Gasteiger partial charge on any atom is 0.0991 e. The first-order valence-electron chi connectivity index (χ1n) is 16.3. The van der Waals surface area contributed by atoms with Crippen LogP contribution in [0.15, 0.2) is 182 Å². The van der Waals surface area contributed by atoms with Gasteiger partial charge in [-0.3, -0.25) is 0 Å². The molecule has 7 aromatic carbocycles. The molecule has 0 bridgehead atoms. The van der Waals surface area contributed by atoms with E-state index >= 15 is 0 Å². The van der Waals surface area contributed by atoms with Gasteiger partial charge in [-0.05, 0) is 116 Å². The van der Waals surface area contributed by atoms with Gasteiger partial charge in [0.15, 0.2) is 0 Å². The van der Waals surface area contributed by atoms with Gasteiger partial charge >= 0.3 is 0 Å². The van der Waals surface area contributed by atoms with Gasteiger partial charge in [-0.15, -0.1) is 0 Å². The number of nitrogens with zero attached hydrogens (tertiary/aromatic N) is 1. The van der Waals surface area contributed by atoms with E-state index in [1.54, 1.807) is 0 Å². The van der Waals surface area contributed by atoms with Crippen molar-refractivity contribution in [2.45, 2.75) is 13.8 Å². The standard InChI is InChI=1S/C47H35N/c1-33(2)45(39-19-17-34(32-48)18-20-39)31-46(40-25-21-37(22-26-40)35-11-5-3-6-12-35)43-29-42-15-9-10-16-44(42)47(30-43)41-27-23-38(24-28-41)36-13-7-4-8-14-36/h3-31H,1-2H3/b46-31-. The van der Waals surface area contributed by atoms with Crippen LogP contribution in [0.4, 0.5) is 0 Å². The summed E-state index contributed by atoms with van der Waals surface area (Å²) >= 11 is 0. The van der Waals surface area contributed by atoms with Crippen molar-refractivity contribution in [1.82, 2.24) is 0 Å². The molecule has 0 aliphatic rings. The number of fused-ring (bicyclic) bond motifs is 1. The number of hydrogen-bond acceptors (Lipinski definition) is 1. The third-order valence-electron chi connectivity index (χ3n) is 8.93. The monoisotopic (exact) mass is 613 g/mol. The lowest BCUT2D eigenvalue weighted by atomic mass is 9.87. The van der Waals surface area contributed by atoms with Crippen molar-refractivity contribution in [3.8, 4) is 39.4 Å². The molecule has 0 amide bonds. The molecule has 1 heteroatoms. The fraction of sp³-hybridized carbons (Fsp3) is 0.0426. The molecular weight excluding hydrogens is 579 g/mol. The summed E-state index contributed by atoms with van der Waals surface area (Å²) in [5.41, 5.74) is 14.7. The van der Waals surface area contributed by atoms with Gasteiger partial charge in [0.1, 0.15) is 0 Å². The third-order valence-corrected chi connectivity index (χ3v) is 8.93. The Morgan fingerprint density at radius 3 is 1.56 bits per heavy atom. The van der Waals surface area contributed by atoms with Crippen molar-refractivity contribution in [1.29, 1.82) is 5.26 Å². The van der Waals surface area contributed by atoms with Crippen molar-refractivity contribution < 1.29 is 0 Å². The Morgan fingerprint density at radius 2 is 0.979 bits per heavy atom. The molecule has 0 N–H and O–H groups in total. The van der Waals surface area contributed by atoms with Crippen molar-refractivity contribution in [2.24, 2.45) is 0 Å². The Kier molecular flexibility index (Phi) is 8.64. The second kappa shape index (κ2) is 13.6. The molecule has 0 aromatic heterocycles. The lowest BCUT2D eigenvalue weighted by molar-refractivity contribution is 1.38. The number of rotatable bonds is 7. The van der Waals surface area contributed by atoms with Crippen LogP contribution >= 0.6 is 0 Å². The first-order chi connectivity index (χ1) is 23.6. The highest BCUT2D eigenvalue weighted by atomic mass is 14.2. The second-order valence-corrected chi connectivity index (χ2v) is 12.3. The third kappa shape index (κ3) is 6.38. The summed E-state index contributed by atoms with van der Waals surface area (Å²) in [7, 11) is 0. The lowest BCUT2D eigenvalue weighted by Gasteiger charge is -2.17. The smallest absolute Gasteiger partial charge is 0.0991 e. The molecule has 0 aliphatic carbocycles. The maximum atomic E-state index is 9.43. The first kappa shape index (κ1) is 30.4. The van der Waals surface area contributed by atoms with Gasteiger partial charge in [-0.2, -0.15) is 5.26 Å². The SMILES string of the molecule is CC(C)=C(/C=C(/c1ccc(-c2ccccc2)cc1)c1cc(-c2ccc(-c3ccccc3)cc2)c2ccccc2c1)c1ccc(C#N)cc1. The molecule has 0 saturated carbocycles. The number of hydrogen-bond donors (Lipinski definition) is 0. The van der Waals surface area contributed by atoms with Crippen LogP contribution in [0, 0.1) is 11.3 Å². The first-order valence-corrected chi connectivity index (χ1v) is 16.3. The van der Waals surface area contributed by atoms with Crippen LogP contribution < -0.4 is 0 Å². The zero-order valence-corrected chi connectivity index (χ0v) is 27.2. The van der Waals surface area contributed by atoms with Crippen LogP contribution in [-0.4, -0.2) is 0 Å². The molecule has 7 rings (SSSR count). The van der Waals surface area contributed by atoms with Gasteiger partial charge in [0, 0.05) is 0 Å². The Labute approximate surface area is 283 Å². The molecule has 0 atom stereocenters. The van der Waals surface area contributed by atoms with E-state index in [2.05, 4.69) is 172 Å². The van der Waals surface area contributed by atoms with Crippen molar-refractivity contribution in [3.63, 3.8) is 0 Å². The molecule has 228 valence electrons. The molecule has 0 saturated heterocycles. The maximum absolute atomic E-state index is 9.43. The van der Waals surface area contributed by atoms with Gasteiger partial charge in [-0.1, -0.05) is 151 Å². The summed E-state index contributed by atoms with van der Waals surface area (Å²) < 4.78 is 0. The minimum atomic E-state index is 0.657. The van der Waals surface area contributed by atoms with Gasteiger partial charge < -0.3 is 0 Å². The highest BCUT2D eigenvalue weighted by Gasteiger charge is 2.14. The normalized spacial score (nSPS) is 11.2. The summed E-state index contributed by atoms with van der Waals surface area (Å²) in [6, 6.07) is 62.3. The van der Waals surface area contributed by atoms with E-state index in [4.69, 9.17) is 0 Å². The fourth-order valence-corrected chi connectivity index (χ4v) is 6.37. The zero-order chi connectivity index (χ0) is 32.9. The van der Waals surface area contributed by atoms with Gasteiger partial charge in [0.2, 0.25) is 0 Å². The predicted molar refractivity (Wildman–Crippen MR) is 203 cm³/mol. The van der Waals surface area contributed by atoms with Crippen molar-refractivity contribution in [2.75, 3.05) is 0 Å².